The molecular weight excluding hydrogens is 224 g/mol. The van der Waals surface area contributed by atoms with Crippen LogP contribution in [0.25, 0.3) is 0 Å². The Kier molecular flexibility index (Phi) is 5.67. The van der Waals surface area contributed by atoms with Gasteiger partial charge < -0.3 is 10.4 Å². The molecule has 0 aliphatic rings. The second-order valence-electron chi connectivity index (χ2n) is 4.69. The Bertz CT molecular complexity index is 419. The molecule has 98 valence electrons. The van der Waals surface area contributed by atoms with Crippen LogP contribution in [0.1, 0.15) is 37.8 Å². The van der Waals surface area contributed by atoms with Crippen molar-refractivity contribution in [3.05, 3.63) is 29.3 Å². The second kappa shape index (κ2) is 7.03. The van der Waals surface area contributed by atoms with Gasteiger partial charge >= 0.3 is 0 Å². The molecule has 0 fully saturated rings. The van der Waals surface area contributed by atoms with Gasteiger partial charge in [0.15, 0.2) is 0 Å². The summed E-state index contributed by atoms with van der Waals surface area (Å²) in [5.74, 6) is 0.313. The van der Waals surface area contributed by atoms with Crippen molar-refractivity contribution in [2.75, 3.05) is 11.9 Å². The number of aryl methyl sites for hydroxylation is 1. The lowest BCUT2D eigenvalue weighted by Crippen LogP contribution is -2.27. The molecule has 0 heterocycles. The first-order valence-corrected chi connectivity index (χ1v) is 6.55. The zero-order valence-corrected chi connectivity index (χ0v) is 11.4. The van der Waals surface area contributed by atoms with Crippen LogP contribution >= 0.6 is 0 Å². The van der Waals surface area contributed by atoms with E-state index in [0.29, 0.717) is 18.0 Å². The fourth-order valence-corrected chi connectivity index (χ4v) is 2.12. The molecular formula is C15H22N2O. The van der Waals surface area contributed by atoms with Gasteiger partial charge in [0.25, 0.3) is 0 Å². The van der Waals surface area contributed by atoms with Crippen LogP contribution in [0, 0.1) is 24.2 Å². The summed E-state index contributed by atoms with van der Waals surface area (Å²) in [6.07, 6.45) is 1.57. The van der Waals surface area contributed by atoms with Crippen molar-refractivity contribution in [3.63, 3.8) is 0 Å². The van der Waals surface area contributed by atoms with Crippen molar-refractivity contribution in [2.45, 2.75) is 39.7 Å². The third kappa shape index (κ3) is 3.75. The zero-order chi connectivity index (χ0) is 13.5. The van der Waals surface area contributed by atoms with Gasteiger partial charge in [-0.05, 0) is 30.5 Å². The number of hydrogen-bond donors (Lipinski definition) is 2. The van der Waals surface area contributed by atoms with Crippen LogP contribution in [0.5, 0.6) is 0 Å². The van der Waals surface area contributed by atoms with E-state index in [4.69, 9.17) is 5.26 Å². The maximum atomic E-state index is 10.0. The average Bonchev–Trinajstić information content (AvgIpc) is 2.38. The summed E-state index contributed by atoms with van der Waals surface area (Å²) in [5.41, 5.74) is 2.50. The van der Waals surface area contributed by atoms with Crippen molar-refractivity contribution in [1.82, 2.24) is 0 Å². The lowest BCUT2D eigenvalue weighted by Gasteiger charge is -2.21. The number of hydrogen-bond acceptors (Lipinski definition) is 3. The fraction of sp³-hybridized carbons (Fsp3) is 0.533. The molecule has 0 amide bonds. The Hall–Kier alpha value is -1.53. The van der Waals surface area contributed by atoms with Crippen LogP contribution in [-0.2, 0) is 0 Å². The Morgan fingerprint density at radius 3 is 2.56 bits per heavy atom. The summed E-state index contributed by atoms with van der Waals surface area (Å²) in [6, 6.07) is 7.89. The highest BCUT2D eigenvalue weighted by molar-refractivity contribution is 5.58. The van der Waals surface area contributed by atoms with E-state index in [1.807, 2.05) is 25.1 Å². The highest BCUT2D eigenvalue weighted by atomic mass is 16.3. The third-order valence-electron chi connectivity index (χ3n) is 3.39. The smallest absolute Gasteiger partial charge is 0.101 e. The number of benzene rings is 1. The van der Waals surface area contributed by atoms with E-state index in [2.05, 4.69) is 25.2 Å². The molecule has 0 aliphatic heterocycles. The number of nitriles is 1. The minimum atomic E-state index is -0.368. The van der Waals surface area contributed by atoms with Gasteiger partial charge in [-0.2, -0.15) is 5.26 Å². The van der Waals surface area contributed by atoms with Crippen LogP contribution < -0.4 is 5.32 Å². The molecule has 0 bridgehead atoms. The highest BCUT2D eigenvalue weighted by Gasteiger charge is 2.15. The van der Waals surface area contributed by atoms with E-state index in [1.54, 1.807) is 0 Å². The van der Waals surface area contributed by atoms with Gasteiger partial charge in [0, 0.05) is 6.54 Å². The molecule has 0 saturated carbocycles. The van der Waals surface area contributed by atoms with E-state index in [9.17, 15) is 5.11 Å². The first-order valence-electron chi connectivity index (χ1n) is 6.55. The SMILES string of the molecule is CCC(CC)C(O)CNc1ccc(C)cc1C#N. The number of nitrogens with zero attached hydrogens (tertiary/aromatic N) is 1. The van der Waals surface area contributed by atoms with E-state index in [0.717, 1.165) is 24.1 Å². The van der Waals surface area contributed by atoms with Gasteiger partial charge in [-0.25, -0.2) is 0 Å². The van der Waals surface area contributed by atoms with E-state index in [-0.39, 0.29) is 6.10 Å². The molecule has 0 aliphatic carbocycles. The summed E-state index contributed by atoms with van der Waals surface area (Å²) in [4.78, 5) is 0. The normalized spacial score (nSPS) is 12.2. The van der Waals surface area contributed by atoms with E-state index in [1.165, 1.54) is 0 Å². The Morgan fingerprint density at radius 1 is 1.33 bits per heavy atom. The van der Waals surface area contributed by atoms with Gasteiger partial charge in [0.2, 0.25) is 0 Å². The average molecular weight is 246 g/mol. The number of aliphatic hydroxyl groups is 1. The van der Waals surface area contributed by atoms with Crippen molar-refractivity contribution in [2.24, 2.45) is 5.92 Å². The summed E-state index contributed by atoms with van der Waals surface area (Å²) in [6.45, 7) is 6.63. The van der Waals surface area contributed by atoms with Gasteiger partial charge in [0.05, 0.1) is 17.4 Å². The molecule has 0 saturated heterocycles. The van der Waals surface area contributed by atoms with Crippen LogP contribution in [0.15, 0.2) is 18.2 Å². The highest BCUT2D eigenvalue weighted by Crippen LogP contribution is 2.18. The molecule has 1 aromatic rings. The maximum Gasteiger partial charge on any atom is 0.101 e. The minimum absolute atomic E-state index is 0.313. The largest absolute Gasteiger partial charge is 0.391 e. The molecule has 3 heteroatoms. The molecule has 0 radical (unpaired) electrons. The fourth-order valence-electron chi connectivity index (χ4n) is 2.12. The van der Waals surface area contributed by atoms with E-state index >= 15 is 0 Å². The molecule has 2 N–H and O–H groups in total. The molecule has 18 heavy (non-hydrogen) atoms. The van der Waals surface area contributed by atoms with Crippen molar-refractivity contribution in [3.8, 4) is 6.07 Å². The third-order valence-corrected chi connectivity index (χ3v) is 3.39. The standard InChI is InChI=1S/C15H22N2O/c1-4-12(5-2)15(18)10-17-14-7-6-11(3)8-13(14)9-16/h6-8,12,15,17-18H,4-5,10H2,1-3H3. The van der Waals surface area contributed by atoms with Gasteiger partial charge in [-0.3, -0.25) is 0 Å². The number of anilines is 1. The minimum Gasteiger partial charge on any atom is -0.391 e. The van der Waals surface area contributed by atoms with E-state index < -0.39 is 0 Å². The van der Waals surface area contributed by atoms with Gasteiger partial charge in [0.1, 0.15) is 6.07 Å². The first-order chi connectivity index (χ1) is 8.62. The number of aliphatic hydroxyl groups excluding tert-OH is 1. The number of rotatable bonds is 6. The lowest BCUT2D eigenvalue weighted by molar-refractivity contribution is 0.114. The van der Waals surface area contributed by atoms with Gasteiger partial charge in [-0.1, -0.05) is 32.8 Å². The molecule has 1 unspecified atom stereocenters. The molecule has 1 rings (SSSR count). The maximum absolute atomic E-state index is 10.0. The van der Waals surface area contributed by atoms with Crippen molar-refractivity contribution >= 4 is 5.69 Å². The predicted molar refractivity (Wildman–Crippen MR) is 74.5 cm³/mol. The lowest BCUT2D eigenvalue weighted by atomic mass is 9.96. The zero-order valence-electron chi connectivity index (χ0n) is 11.4. The molecule has 1 atom stereocenters. The Morgan fingerprint density at radius 2 is 2.00 bits per heavy atom. The van der Waals surface area contributed by atoms with Crippen LogP contribution in [-0.4, -0.2) is 17.8 Å². The topological polar surface area (TPSA) is 56.0 Å². The Labute approximate surface area is 109 Å². The van der Waals surface area contributed by atoms with Gasteiger partial charge in [-0.15, -0.1) is 0 Å². The summed E-state index contributed by atoms with van der Waals surface area (Å²) < 4.78 is 0. The quantitative estimate of drug-likeness (QED) is 0.811. The summed E-state index contributed by atoms with van der Waals surface area (Å²) >= 11 is 0. The molecule has 0 spiro atoms. The molecule has 1 aromatic carbocycles. The Balaban J connectivity index is 2.66. The van der Waals surface area contributed by atoms with Crippen molar-refractivity contribution < 1.29 is 5.11 Å². The molecule has 3 nitrogen and oxygen atoms in total. The molecule has 0 aromatic heterocycles. The first kappa shape index (κ1) is 14.5. The second-order valence-corrected chi connectivity index (χ2v) is 4.69. The van der Waals surface area contributed by atoms with Crippen molar-refractivity contribution in [1.29, 1.82) is 5.26 Å². The summed E-state index contributed by atoms with van der Waals surface area (Å²) in [7, 11) is 0. The van der Waals surface area contributed by atoms with Crippen LogP contribution in [0.4, 0.5) is 5.69 Å². The monoisotopic (exact) mass is 246 g/mol. The number of nitrogens with one attached hydrogen (secondary N) is 1. The summed E-state index contributed by atoms with van der Waals surface area (Å²) in [5, 5.41) is 22.3. The van der Waals surface area contributed by atoms with Crippen LogP contribution in [0.3, 0.4) is 0 Å². The predicted octanol–water partition coefficient (Wildman–Crippen LogP) is 3.08. The van der Waals surface area contributed by atoms with Crippen LogP contribution in [0.2, 0.25) is 0 Å².